The molecule has 0 aliphatic carbocycles. The Hall–Kier alpha value is -7.07. The third-order valence-corrected chi connectivity index (χ3v) is 9.20. The normalized spacial score (nSPS) is 20.4. The molecule has 0 saturated heterocycles. The first kappa shape index (κ1) is 34.4. The number of esters is 1. The van der Waals surface area contributed by atoms with Crippen LogP contribution in [0, 0.1) is 0 Å². The zero-order valence-corrected chi connectivity index (χ0v) is 26.9. The topological polar surface area (TPSA) is 288 Å². The number of carbonyl (C=O) groups is 1. The number of rotatable bonds is 5. The molecule has 12 N–H and O–H groups in total. The van der Waals surface area contributed by atoms with Crippen molar-refractivity contribution in [3.8, 4) is 74.7 Å². The lowest BCUT2D eigenvalue weighted by Crippen LogP contribution is -2.39. The zero-order valence-electron chi connectivity index (χ0n) is 26.9. The molecule has 0 radical (unpaired) electrons. The van der Waals surface area contributed by atoms with Gasteiger partial charge in [-0.2, -0.15) is 0 Å². The number of ether oxygens (including phenoxy) is 3. The fourth-order valence-corrected chi connectivity index (χ4v) is 6.73. The number of carbonyl (C=O) groups excluding carboxylic acids is 1. The lowest BCUT2D eigenvalue weighted by atomic mass is 9.77. The predicted octanol–water partition coefficient (Wildman–Crippen LogP) is 3.98. The minimum Gasteiger partial charge on any atom is -0.508 e. The van der Waals surface area contributed by atoms with Crippen molar-refractivity contribution in [3.05, 3.63) is 100 Å². The molecule has 2 aliphatic rings. The fraction of sp³-hybridized carbons (Fsp3) is 0.162. The second-order valence-electron chi connectivity index (χ2n) is 12.6. The van der Waals surface area contributed by atoms with Gasteiger partial charge in [0.15, 0.2) is 52.5 Å². The highest BCUT2D eigenvalue weighted by atomic mass is 16.6. The van der Waals surface area contributed by atoms with Crippen LogP contribution >= 0.6 is 0 Å². The van der Waals surface area contributed by atoms with E-state index in [4.69, 9.17) is 14.2 Å². The van der Waals surface area contributed by atoms with Crippen LogP contribution in [0.5, 0.6) is 74.7 Å². The van der Waals surface area contributed by atoms with E-state index in [1.54, 1.807) is 0 Å². The average molecular weight is 731 g/mol. The minimum atomic E-state index is -1.72. The van der Waals surface area contributed by atoms with Crippen LogP contribution < -0.4 is 9.47 Å². The zero-order chi connectivity index (χ0) is 38.0. The number of aromatic hydroxyl groups is 11. The second-order valence-corrected chi connectivity index (χ2v) is 12.6. The van der Waals surface area contributed by atoms with E-state index in [0.717, 1.165) is 54.6 Å². The Morgan fingerprint density at radius 2 is 1.17 bits per heavy atom. The second kappa shape index (κ2) is 12.6. The van der Waals surface area contributed by atoms with E-state index in [2.05, 4.69) is 0 Å². The van der Waals surface area contributed by atoms with E-state index in [0.29, 0.717) is 0 Å². The van der Waals surface area contributed by atoms with Gasteiger partial charge >= 0.3 is 5.97 Å². The van der Waals surface area contributed by atoms with Crippen LogP contribution in [0.25, 0.3) is 0 Å². The number of hydrogen-bond acceptors (Lipinski definition) is 16. The minimum absolute atomic E-state index is 0.0341. The molecule has 0 amide bonds. The molecule has 5 atom stereocenters. The van der Waals surface area contributed by atoms with Crippen LogP contribution in [-0.4, -0.2) is 79.5 Å². The molecule has 0 bridgehead atoms. The van der Waals surface area contributed by atoms with Crippen LogP contribution in [0.4, 0.5) is 0 Å². The first-order chi connectivity index (χ1) is 25.1. The highest BCUT2D eigenvalue weighted by molar-refractivity contribution is 5.91. The van der Waals surface area contributed by atoms with E-state index in [-0.39, 0.29) is 45.7 Å². The lowest BCUT2D eigenvalue weighted by molar-refractivity contribution is -0.0285. The summed E-state index contributed by atoms with van der Waals surface area (Å²) in [5.41, 5.74) is -0.728. The monoisotopic (exact) mass is 730 g/mol. The Morgan fingerprint density at radius 1 is 0.585 bits per heavy atom. The van der Waals surface area contributed by atoms with Crippen LogP contribution in [0.1, 0.15) is 56.3 Å². The van der Waals surface area contributed by atoms with Gasteiger partial charge < -0.3 is 75.5 Å². The fourth-order valence-electron chi connectivity index (χ4n) is 6.73. The Morgan fingerprint density at radius 3 is 1.77 bits per heavy atom. The maximum absolute atomic E-state index is 13.8. The van der Waals surface area contributed by atoms with Gasteiger partial charge in [0.2, 0.25) is 0 Å². The Kier molecular flexibility index (Phi) is 8.18. The molecular formula is C37H30O16. The molecule has 2 heterocycles. The van der Waals surface area contributed by atoms with E-state index in [1.807, 2.05) is 0 Å². The molecule has 16 heteroatoms. The van der Waals surface area contributed by atoms with Gasteiger partial charge in [-0.1, -0.05) is 12.1 Å². The van der Waals surface area contributed by atoms with Crippen molar-refractivity contribution >= 4 is 5.97 Å². The van der Waals surface area contributed by atoms with Crippen LogP contribution in [-0.2, 0) is 11.2 Å². The van der Waals surface area contributed by atoms with Gasteiger partial charge in [-0.05, 0) is 42.0 Å². The van der Waals surface area contributed by atoms with Crippen molar-refractivity contribution in [2.75, 3.05) is 0 Å². The summed E-state index contributed by atoms with van der Waals surface area (Å²) >= 11 is 0. The number of aliphatic hydroxyl groups excluding tert-OH is 1. The molecule has 0 saturated carbocycles. The molecule has 0 aromatic heterocycles. The maximum Gasteiger partial charge on any atom is 0.338 e. The highest BCUT2D eigenvalue weighted by Gasteiger charge is 2.49. The maximum atomic E-state index is 13.8. The number of fused-ring (bicyclic) bond motifs is 2. The molecule has 0 fully saturated rings. The van der Waals surface area contributed by atoms with Crippen molar-refractivity contribution in [2.24, 2.45) is 0 Å². The summed E-state index contributed by atoms with van der Waals surface area (Å²) in [6.07, 6.45) is -6.19. The SMILES string of the molecule is O=C(O[C@@H]1[C@@H](c2c(O)cc(O)c3c2O[C@H](c2ccc(O)c(O)c2)C(O)C3)c2c(O)cc(O)cc2O[C@@H]1c1ccc(O)c(O)c1)c1cc(O)c(O)c(O)c1. The summed E-state index contributed by atoms with van der Waals surface area (Å²) in [6.45, 7) is 0. The molecule has 53 heavy (non-hydrogen) atoms. The van der Waals surface area contributed by atoms with Gasteiger partial charge in [0, 0.05) is 46.9 Å². The van der Waals surface area contributed by atoms with Gasteiger partial charge in [-0.3, -0.25) is 0 Å². The van der Waals surface area contributed by atoms with Crippen LogP contribution in [0.2, 0.25) is 0 Å². The molecule has 5 aromatic carbocycles. The molecule has 16 nitrogen and oxygen atoms in total. The molecule has 7 rings (SSSR count). The van der Waals surface area contributed by atoms with Crippen molar-refractivity contribution in [3.63, 3.8) is 0 Å². The van der Waals surface area contributed by atoms with Gasteiger partial charge in [-0.25, -0.2) is 4.79 Å². The third kappa shape index (κ3) is 5.85. The Labute approximate surface area is 297 Å². The summed E-state index contributed by atoms with van der Waals surface area (Å²) in [6, 6.07) is 11.7. The van der Waals surface area contributed by atoms with Crippen molar-refractivity contribution in [1.29, 1.82) is 0 Å². The lowest BCUT2D eigenvalue weighted by Gasteiger charge is -2.41. The molecule has 0 spiro atoms. The average Bonchev–Trinajstić information content (AvgIpc) is 3.09. The first-order valence-corrected chi connectivity index (χ1v) is 15.8. The summed E-state index contributed by atoms with van der Waals surface area (Å²) in [4.78, 5) is 13.8. The first-order valence-electron chi connectivity index (χ1n) is 15.8. The van der Waals surface area contributed by atoms with Gasteiger partial charge in [0.25, 0.3) is 0 Å². The summed E-state index contributed by atoms with van der Waals surface area (Å²) in [5, 5.41) is 126. The number of aliphatic hydroxyl groups is 1. The number of hydrogen-bond donors (Lipinski definition) is 12. The summed E-state index contributed by atoms with van der Waals surface area (Å²) in [7, 11) is 0. The van der Waals surface area contributed by atoms with Gasteiger partial charge in [0.05, 0.1) is 17.6 Å². The number of phenolic OH excluding ortho intramolecular Hbond substituents is 11. The molecule has 5 aromatic rings. The van der Waals surface area contributed by atoms with Crippen molar-refractivity contribution in [1.82, 2.24) is 0 Å². The van der Waals surface area contributed by atoms with E-state index in [1.165, 1.54) is 12.1 Å². The van der Waals surface area contributed by atoms with Crippen molar-refractivity contribution < 1.29 is 80.3 Å². The quantitative estimate of drug-likeness (QED) is 0.0899. The van der Waals surface area contributed by atoms with E-state index < -0.39 is 105 Å². The number of benzene rings is 5. The molecule has 1 unspecified atom stereocenters. The standard InChI is InChI=1S/C37H30O16/c38-16-9-23(44)29-28(10-16)51-34(14-2-4-19(40)22(43)6-14)36(53-37(50)15-7-25(46)32(49)26(47)8-15)31(29)30-24(45)12-20(41)17-11-27(48)33(52-35(17)30)13-1-3-18(39)21(42)5-13/h1-10,12,27,31,33-34,36,38-49H,11H2/t27?,31-,33-,34-,36-/m1/s1. The van der Waals surface area contributed by atoms with Crippen LogP contribution in [0.15, 0.2) is 66.7 Å². The smallest absolute Gasteiger partial charge is 0.338 e. The number of phenols is 11. The summed E-state index contributed by atoms with van der Waals surface area (Å²) in [5.74, 6) is -10.4. The van der Waals surface area contributed by atoms with E-state index in [9.17, 15) is 66.1 Å². The third-order valence-electron chi connectivity index (χ3n) is 9.20. The van der Waals surface area contributed by atoms with Gasteiger partial charge in [-0.15, -0.1) is 0 Å². The van der Waals surface area contributed by atoms with Crippen molar-refractivity contribution in [2.45, 2.75) is 36.8 Å². The van der Waals surface area contributed by atoms with E-state index >= 15 is 0 Å². The largest absolute Gasteiger partial charge is 0.508 e. The van der Waals surface area contributed by atoms with Gasteiger partial charge in [0.1, 0.15) is 40.6 Å². The molecule has 274 valence electrons. The Bertz CT molecular complexity index is 2280. The molecular weight excluding hydrogens is 700 g/mol. The highest BCUT2D eigenvalue weighted by Crippen LogP contribution is 2.58. The van der Waals surface area contributed by atoms with Crippen LogP contribution in [0.3, 0.4) is 0 Å². The molecule has 2 aliphatic heterocycles. The Balaban J connectivity index is 1.48. The summed E-state index contributed by atoms with van der Waals surface area (Å²) < 4.78 is 18.4. The predicted molar refractivity (Wildman–Crippen MR) is 178 cm³/mol.